The number of benzene rings is 1. The van der Waals surface area contributed by atoms with Crippen LogP contribution in [0.5, 0.6) is 0 Å². The minimum absolute atomic E-state index is 0.132. The molecule has 0 saturated heterocycles. The maximum atomic E-state index is 6.37. The number of nitrogens with zero attached hydrogens (tertiary/aromatic N) is 5. The number of hydrogen-bond acceptors (Lipinski definition) is 4. The van der Waals surface area contributed by atoms with Crippen LogP contribution in [0.25, 0.3) is 11.2 Å². The van der Waals surface area contributed by atoms with Gasteiger partial charge in [-0.05, 0) is 24.5 Å². The van der Waals surface area contributed by atoms with Gasteiger partial charge in [-0.25, -0.2) is 14.6 Å². The monoisotopic (exact) mass is 397 g/mol. The van der Waals surface area contributed by atoms with Crippen molar-refractivity contribution in [3.05, 3.63) is 46.4 Å². The molecular weight excluding hydrogens is 370 g/mol. The normalized spacial score (nSPS) is 16.4. The summed E-state index contributed by atoms with van der Waals surface area (Å²) in [7, 11) is 0. The minimum atomic E-state index is -0.132. The summed E-state index contributed by atoms with van der Waals surface area (Å²) in [6.45, 7) is 7.04. The Balaban J connectivity index is 1.83. The fourth-order valence-corrected chi connectivity index (χ4v) is 4.14. The lowest BCUT2D eigenvalue weighted by Gasteiger charge is -2.20. The van der Waals surface area contributed by atoms with Crippen molar-refractivity contribution in [2.75, 3.05) is 0 Å². The van der Waals surface area contributed by atoms with Crippen LogP contribution in [0.3, 0.4) is 0 Å². The van der Waals surface area contributed by atoms with Gasteiger partial charge in [0, 0.05) is 16.4 Å². The molecule has 28 heavy (non-hydrogen) atoms. The van der Waals surface area contributed by atoms with Gasteiger partial charge in [0.25, 0.3) is 0 Å². The molecule has 1 fully saturated rings. The highest BCUT2D eigenvalue weighted by atomic mass is 35.5. The summed E-state index contributed by atoms with van der Waals surface area (Å²) in [6, 6.07) is 7.86. The van der Waals surface area contributed by atoms with E-state index in [0.29, 0.717) is 12.5 Å². The smallest absolute Gasteiger partial charge is 0.182 e. The van der Waals surface area contributed by atoms with Gasteiger partial charge in [0.1, 0.15) is 5.82 Å². The zero-order chi connectivity index (χ0) is 19.7. The molecule has 0 unspecified atom stereocenters. The van der Waals surface area contributed by atoms with Crippen molar-refractivity contribution < 1.29 is 0 Å². The average molecular weight is 398 g/mol. The first kappa shape index (κ1) is 19.3. The number of rotatable bonds is 3. The van der Waals surface area contributed by atoms with Crippen LogP contribution < -0.4 is 0 Å². The molecule has 1 saturated carbocycles. The van der Waals surface area contributed by atoms with E-state index in [9.17, 15) is 0 Å². The van der Waals surface area contributed by atoms with Crippen molar-refractivity contribution in [2.24, 2.45) is 0 Å². The quantitative estimate of drug-likeness (QED) is 0.535. The van der Waals surface area contributed by atoms with E-state index in [-0.39, 0.29) is 5.41 Å². The fraction of sp³-hybridized carbons (Fsp3) is 0.545. The molecule has 2 aromatic heterocycles. The molecule has 1 aliphatic carbocycles. The third-order valence-corrected chi connectivity index (χ3v) is 5.95. The Morgan fingerprint density at radius 2 is 1.75 bits per heavy atom. The number of hydrogen-bond donors (Lipinski definition) is 0. The van der Waals surface area contributed by atoms with E-state index in [4.69, 9.17) is 21.6 Å². The van der Waals surface area contributed by atoms with Crippen LogP contribution in [0.1, 0.15) is 82.3 Å². The van der Waals surface area contributed by atoms with E-state index in [2.05, 4.69) is 31.1 Å². The largest absolute Gasteiger partial charge is 0.235 e. The Hall–Kier alpha value is -2.01. The van der Waals surface area contributed by atoms with Crippen LogP contribution in [0, 0.1) is 0 Å². The molecule has 1 aliphatic rings. The highest BCUT2D eigenvalue weighted by molar-refractivity contribution is 6.31. The number of fused-ring (bicyclic) bond motifs is 1. The van der Waals surface area contributed by atoms with Gasteiger partial charge in [-0.1, -0.05) is 81.5 Å². The highest BCUT2D eigenvalue weighted by Crippen LogP contribution is 2.35. The maximum absolute atomic E-state index is 6.37. The van der Waals surface area contributed by atoms with Gasteiger partial charge in [-0.2, -0.15) is 0 Å². The van der Waals surface area contributed by atoms with Gasteiger partial charge >= 0.3 is 0 Å². The summed E-state index contributed by atoms with van der Waals surface area (Å²) in [5.41, 5.74) is 3.64. The lowest BCUT2D eigenvalue weighted by Crippen LogP contribution is -2.19. The van der Waals surface area contributed by atoms with Crippen molar-refractivity contribution >= 4 is 22.8 Å². The Kier molecular flexibility index (Phi) is 5.37. The van der Waals surface area contributed by atoms with Gasteiger partial charge in [0.05, 0.1) is 12.2 Å². The second-order valence-corrected chi connectivity index (χ2v) is 9.29. The molecule has 0 N–H and O–H groups in total. The molecule has 0 amide bonds. The molecule has 3 aromatic rings. The molecule has 0 spiro atoms. The predicted octanol–water partition coefficient (Wildman–Crippen LogP) is 5.66. The minimum Gasteiger partial charge on any atom is -0.235 e. The Bertz CT molecular complexity index is 965. The molecule has 4 rings (SSSR count). The first-order valence-corrected chi connectivity index (χ1v) is 10.7. The summed E-state index contributed by atoms with van der Waals surface area (Å²) in [6.07, 6.45) is 7.50. The van der Waals surface area contributed by atoms with Crippen LogP contribution in [0.4, 0.5) is 0 Å². The van der Waals surface area contributed by atoms with Gasteiger partial charge in [-0.3, -0.25) is 0 Å². The zero-order valence-electron chi connectivity index (χ0n) is 17.0. The molecule has 6 heteroatoms. The summed E-state index contributed by atoms with van der Waals surface area (Å²) < 4.78 is 1.87. The SMILES string of the molecule is CC(C)(C)c1nc(C2CCCCCC2)c2nnn(Cc3ccccc3Cl)c2n1. The van der Waals surface area contributed by atoms with Crippen LogP contribution in [-0.4, -0.2) is 25.0 Å². The zero-order valence-corrected chi connectivity index (χ0v) is 17.7. The van der Waals surface area contributed by atoms with Crippen LogP contribution in [0.15, 0.2) is 24.3 Å². The third kappa shape index (κ3) is 3.90. The molecular formula is C22H28ClN5. The summed E-state index contributed by atoms with van der Waals surface area (Å²) in [4.78, 5) is 9.92. The van der Waals surface area contributed by atoms with Crippen molar-refractivity contribution in [2.45, 2.75) is 77.2 Å². The second-order valence-electron chi connectivity index (χ2n) is 8.88. The van der Waals surface area contributed by atoms with Crippen molar-refractivity contribution in [1.29, 1.82) is 0 Å². The predicted molar refractivity (Wildman–Crippen MR) is 113 cm³/mol. The molecule has 2 heterocycles. The first-order chi connectivity index (χ1) is 13.4. The van der Waals surface area contributed by atoms with E-state index in [0.717, 1.165) is 33.3 Å². The Labute approximate surface area is 171 Å². The highest BCUT2D eigenvalue weighted by Gasteiger charge is 2.27. The summed E-state index contributed by atoms with van der Waals surface area (Å²) >= 11 is 6.37. The molecule has 148 valence electrons. The molecule has 0 radical (unpaired) electrons. The standard InChI is InChI=1S/C22H28ClN5/c1-22(2,3)21-24-18(15-10-6-4-5-7-11-15)19-20(25-21)28(27-26-19)14-16-12-8-9-13-17(16)23/h8-9,12-13,15H,4-7,10-11,14H2,1-3H3. The molecule has 5 nitrogen and oxygen atoms in total. The van der Waals surface area contributed by atoms with Crippen molar-refractivity contribution in [1.82, 2.24) is 25.0 Å². The molecule has 0 atom stereocenters. The van der Waals surface area contributed by atoms with Gasteiger partial charge in [-0.15, -0.1) is 5.10 Å². The van der Waals surface area contributed by atoms with E-state index in [1.165, 1.54) is 38.5 Å². The lowest BCUT2D eigenvalue weighted by atomic mass is 9.92. The average Bonchev–Trinajstić information content (AvgIpc) is 2.88. The maximum Gasteiger partial charge on any atom is 0.182 e. The number of aromatic nitrogens is 5. The van der Waals surface area contributed by atoms with Crippen molar-refractivity contribution in [3.8, 4) is 0 Å². The molecule has 1 aromatic carbocycles. The van der Waals surface area contributed by atoms with Gasteiger partial charge < -0.3 is 0 Å². The number of halogens is 1. The fourth-order valence-electron chi connectivity index (χ4n) is 3.94. The topological polar surface area (TPSA) is 56.5 Å². The van der Waals surface area contributed by atoms with E-state index < -0.39 is 0 Å². The second kappa shape index (κ2) is 7.78. The molecule has 0 bridgehead atoms. The molecule has 0 aliphatic heterocycles. The van der Waals surface area contributed by atoms with Crippen LogP contribution >= 0.6 is 11.6 Å². The Morgan fingerprint density at radius 1 is 1.04 bits per heavy atom. The Morgan fingerprint density at radius 3 is 2.43 bits per heavy atom. The van der Waals surface area contributed by atoms with Crippen molar-refractivity contribution in [3.63, 3.8) is 0 Å². The van der Waals surface area contributed by atoms with E-state index >= 15 is 0 Å². The van der Waals surface area contributed by atoms with Crippen LogP contribution in [0.2, 0.25) is 5.02 Å². The van der Waals surface area contributed by atoms with E-state index in [1.807, 2.05) is 28.9 Å². The lowest BCUT2D eigenvalue weighted by molar-refractivity contribution is 0.525. The third-order valence-electron chi connectivity index (χ3n) is 5.58. The van der Waals surface area contributed by atoms with Crippen LogP contribution in [-0.2, 0) is 12.0 Å². The summed E-state index contributed by atoms with van der Waals surface area (Å²) in [5.74, 6) is 1.31. The summed E-state index contributed by atoms with van der Waals surface area (Å²) in [5, 5.41) is 9.69. The first-order valence-electron chi connectivity index (χ1n) is 10.3. The van der Waals surface area contributed by atoms with Gasteiger partial charge in [0.15, 0.2) is 11.2 Å². The van der Waals surface area contributed by atoms with Gasteiger partial charge in [0.2, 0.25) is 0 Å². The van der Waals surface area contributed by atoms with E-state index in [1.54, 1.807) is 0 Å².